The predicted octanol–water partition coefficient (Wildman–Crippen LogP) is 2.99. The van der Waals surface area contributed by atoms with Crippen molar-refractivity contribution in [3.05, 3.63) is 0 Å². The molecule has 0 aromatic rings. The normalized spacial score (nSPS) is 53.6. The molecule has 0 heterocycles. The molecule has 4 heteroatoms. The van der Waals surface area contributed by atoms with Gasteiger partial charge in [-0.25, -0.2) is 0 Å². The van der Waals surface area contributed by atoms with Gasteiger partial charge >= 0.3 is 0 Å². The van der Waals surface area contributed by atoms with Gasteiger partial charge in [0.25, 0.3) is 0 Å². The molecular formula is C22H34O4. The Bertz CT molecular complexity index is 615. The zero-order chi connectivity index (χ0) is 18.9. The van der Waals surface area contributed by atoms with Gasteiger partial charge in [-0.15, -0.1) is 0 Å². The van der Waals surface area contributed by atoms with Gasteiger partial charge in [-0.3, -0.25) is 9.59 Å². The molecule has 0 saturated heterocycles. The van der Waals surface area contributed by atoms with E-state index in [4.69, 9.17) is 0 Å². The summed E-state index contributed by atoms with van der Waals surface area (Å²) in [4.78, 5) is 24.4. The molecule has 0 aromatic carbocycles. The lowest BCUT2D eigenvalue weighted by molar-refractivity contribution is -0.190. The third-order valence-electron chi connectivity index (χ3n) is 9.32. The first-order valence-corrected chi connectivity index (χ1v) is 10.5. The van der Waals surface area contributed by atoms with Crippen molar-refractivity contribution < 1.29 is 19.8 Å². The number of carbonyl (C=O) groups is 2. The van der Waals surface area contributed by atoms with E-state index in [1.165, 1.54) is 0 Å². The van der Waals surface area contributed by atoms with Gasteiger partial charge in [0.15, 0.2) is 0 Å². The summed E-state index contributed by atoms with van der Waals surface area (Å²) in [5, 5.41) is 21.4. The molecule has 4 fully saturated rings. The quantitative estimate of drug-likeness (QED) is 0.792. The molecule has 4 saturated carbocycles. The average Bonchev–Trinajstić information content (AvgIpc) is 2.91. The van der Waals surface area contributed by atoms with Crippen molar-refractivity contribution in [3.8, 4) is 0 Å². The first-order valence-electron chi connectivity index (χ1n) is 10.5. The minimum atomic E-state index is -0.401. The Labute approximate surface area is 156 Å². The van der Waals surface area contributed by atoms with E-state index in [-0.39, 0.29) is 46.9 Å². The van der Waals surface area contributed by atoms with E-state index in [1.54, 1.807) is 6.92 Å². The molecule has 0 aromatic heterocycles. The molecule has 0 amide bonds. The largest absolute Gasteiger partial charge is 0.396 e. The van der Waals surface area contributed by atoms with Crippen LogP contribution in [0.3, 0.4) is 0 Å². The maximum absolute atomic E-state index is 12.3. The maximum atomic E-state index is 12.3. The van der Waals surface area contributed by atoms with Crippen LogP contribution in [0.4, 0.5) is 0 Å². The smallest absolute Gasteiger partial charge is 0.133 e. The molecule has 0 spiro atoms. The highest BCUT2D eigenvalue weighted by Gasteiger charge is 2.65. The number of hydrogen-bond donors (Lipinski definition) is 2. The summed E-state index contributed by atoms with van der Waals surface area (Å²) in [7, 11) is 0. The van der Waals surface area contributed by atoms with Gasteiger partial charge in [0.1, 0.15) is 11.6 Å². The van der Waals surface area contributed by atoms with Crippen LogP contribution in [-0.2, 0) is 9.59 Å². The van der Waals surface area contributed by atoms with Gasteiger partial charge in [0.2, 0.25) is 0 Å². The van der Waals surface area contributed by atoms with E-state index in [1.807, 2.05) is 0 Å². The molecule has 2 N–H and O–H groups in total. The van der Waals surface area contributed by atoms with Gasteiger partial charge in [-0.05, 0) is 79.4 Å². The van der Waals surface area contributed by atoms with E-state index in [9.17, 15) is 19.8 Å². The minimum absolute atomic E-state index is 0.0640. The number of aliphatic hydroxyl groups excluding tert-OH is 2. The predicted molar refractivity (Wildman–Crippen MR) is 98.3 cm³/mol. The highest BCUT2D eigenvalue weighted by atomic mass is 16.3. The summed E-state index contributed by atoms with van der Waals surface area (Å²) in [5.41, 5.74) is -0.181. The summed E-state index contributed by atoms with van der Waals surface area (Å²) >= 11 is 0. The number of ketones is 2. The second-order valence-corrected chi connectivity index (χ2v) is 10.3. The fourth-order valence-electron chi connectivity index (χ4n) is 8.29. The fraction of sp³-hybridized carbons (Fsp3) is 0.909. The lowest BCUT2D eigenvalue weighted by Crippen LogP contribution is -2.61. The summed E-state index contributed by atoms with van der Waals surface area (Å²) in [6, 6.07) is 0. The van der Waals surface area contributed by atoms with Gasteiger partial charge in [-0.1, -0.05) is 13.8 Å². The zero-order valence-corrected chi connectivity index (χ0v) is 16.4. The number of carbonyl (C=O) groups excluding carboxylic acids is 2. The zero-order valence-electron chi connectivity index (χ0n) is 16.4. The van der Waals surface area contributed by atoms with Crippen molar-refractivity contribution in [3.63, 3.8) is 0 Å². The van der Waals surface area contributed by atoms with E-state index in [0.717, 1.165) is 25.7 Å². The Morgan fingerprint density at radius 2 is 1.92 bits per heavy atom. The van der Waals surface area contributed by atoms with Gasteiger partial charge in [0, 0.05) is 25.4 Å². The Morgan fingerprint density at radius 3 is 2.58 bits per heavy atom. The molecule has 146 valence electrons. The van der Waals surface area contributed by atoms with Crippen molar-refractivity contribution in [2.75, 3.05) is 6.61 Å². The number of hydrogen-bond acceptors (Lipinski definition) is 4. The molecular weight excluding hydrogens is 328 g/mol. The molecule has 26 heavy (non-hydrogen) atoms. The number of fused-ring (bicyclic) bond motifs is 5. The van der Waals surface area contributed by atoms with Crippen LogP contribution in [-0.4, -0.2) is 34.5 Å². The molecule has 0 radical (unpaired) electrons. The number of Topliss-reactive ketones (excluding diaryl/α,β-unsaturated/α-hetero) is 2. The first-order chi connectivity index (χ1) is 12.2. The fourth-order valence-corrected chi connectivity index (χ4v) is 8.29. The van der Waals surface area contributed by atoms with E-state index >= 15 is 0 Å². The Balaban J connectivity index is 1.73. The van der Waals surface area contributed by atoms with Crippen molar-refractivity contribution in [2.45, 2.75) is 71.8 Å². The molecule has 0 aliphatic heterocycles. The molecule has 9 atom stereocenters. The SMILES string of the molecule is CC(=O)[C@H]1CC[C@H]2[C@@H]3CC(CO)C4CC(=O)CC[C@]4(C)[C@H]3[C@H](O)C[C@]12C. The molecule has 0 bridgehead atoms. The summed E-state index contributed by atoms with van der Waals surface area (Å²) in [5.74, 6) is 2.00. The van der Waals surface area contributed by atoms with E-state index in [0.29, 0.717) is 36.9 Å². The van der Waals surface area contributed by atoms with Crippen molar-refractivity contribution in [2.24, 2.45) is 46.3 Å². The second-order valence-electron chi connectivity index (χ2n) is 10.3. The number of aliphatic hydroxyl groups is 2. The Kier molecular flexibility index (Phi) is 4.39. The molecule has 4 nitrogen and oxygen atoms in total. The first kappa shape index (κ1) is 18.6. The molecule has 2 unspecified atom stereocenters. The average molecular weight is 363 g/mol. The van der Waals surface area contributed by atoms with Crippen molar-refractivity contribution >= 4 is 11.6 Å². The molecule has 4 rings (SSSR count). The third-order valence-corrected chi connectivity index (χ3v) is 9.32. The van der Waals surface area contributed by atoms with Crippen LogP contribution < -0.4 is 0 Å². The van der Waals surface area contributed by atoms with Crippen LogP contribution >= 0.6 is 0 Å². The minimum Gasteiger partial charge on any atom is -0.396 e. The van der Waals surface area contributed by atoms with Gasteiger partial charge < -0.3 is 10.2 Å². The summed E-state index contributed by atoms with van der Waals surface area (Å²) < 4.78 is 0. The van der Waals surface area contributed by atoms with Crippen LogP contribution in [0.25, 0.3) is 0 Å². The van der Waals surface area contributed by atoms with Crippen LogP contribution in [0.5, 0.6) is 0 Å². The lowest BCUT2D eigenvalue weighted by Gasteiger charge is -2.63. The third kappa shape index (κ3) is 2.40. The lowest BCUT2D eigenvalue weighted by atomic mass is 9.42. The van der Waals surface area contributed by atoms with Crippen LogP contribution in [0.15, 0.2) is 0 Å². The second kappa shape index (κ2) is 6.13. The standard InChI is InChI=1S/C22H34O4/c1-12(24)16-4-5-17-15-8-13(11-23)18-9-14(25)6-7-21(18,2)20(15)19(26)10-22(16,17)3/h13,15-20,23,26H,4-11H2,1-3H3/t13?,15-,16+,17-,18?,19+,20+,21-,22+/m0/s1. The molecule has 4 aliphatic carbocycles. The number of rotatable bonds is 2. The molecule has 4 aliphatic rings. The Hall–Kier alpha value is -0.740. The van der Waals surface area contributed by atoms with E-state index in [2.05, 4.69) is 13.8 Å². The van der Waals surface area contributed by atoms with Gasteiger partial charge in [0.05, 0.1) is 6.10 Å². The highest BCUT2D eigenvalue weighted by Crippen LogP contribution is 2.68. The maximum Gasteiger partial charge on any atom is 0.133 e. The summed E-state index contributed by atoms with van der Waals surface area (Å²) in [6.07, 6.45) is 5.22. The van der Waals surface area contributed by atoms with E-state index < -0.39 is 6.10 Å². The topological polar surface area (TPSA) is 74.6 Å². The van der Waals surface area contributed by atoms with Crippen LogP contribution in [0.2, 0.25) is 0 Å². The van der Waals surface area contributed by atoms with Crippen LogP contribution in [0.1, 0.15) is 65.7 Å². The van der Waals surface area contributed by atoms with Crippen molar-refractivity contribution in [1.82, 2.24) is 0 Å². The highest BCUT2D eigenvalue weighted by molar-refractivity contribution is 5.80. The van der Waals surface area contributed by atoms with Crippen molar-refractivity contribution in [1.29, 1.82) is 0 Å². The van der Waals surface area contributed by atoms with Crippen LogP contribution in [0, 0.1) is 46.3 Å². The Morgan fingerprint density at radius 1 is 1.19 bits per heavy atom. The monoisotopic (exact) mass is 362 g/mol. The summed E-state index contributed by atoms with van der Waals surface area (Å²) in [6.45, 7) is 6.33. The van der Waals surface area contributed by atoms with Gasteiger partial charge in [-0.2, -0.15) is 0 Å².